The molecule has 7 nitrogen and oxygen atoms in total. The zero-order chi connectivity index (χ0) is 14.3. The molecule has 0 unspecified atom stereocenters. The number of nitrogens with one attached hydrogen (secondary N) is 1. The molecule has 0 aromatic rings. The van der Waals surface area contributed by atoms with E-state index in [1.165, 1.54) is 4.90 Å². The summed E-state index contributed by atoms with van der Waals surface area (Å²) in [5, 5.41) is 11.7. The summed E-state index contributed by atoms with van der Waals surface area (Å²) < 4.78 is 5.34. The van der Waals surface area contributed by atoms with Crippen molar-refractivity contribution in [2.24, 2.45) is 0 Å². The second-order valence-corrected chi connectivity index (χ2v) is 4.84. The fraction of sp³-hybridized carbons (Fsp3) is 0.833. The number of carbonyl (C=O) groups is 2. The average molecular weight is 273 g/mol. The highest BCUT2D eigenvalue weighted by Gasteiger charge is 2.33. The van der Waals surface area contributed by atoms with Crippen LogP contribution >= 0.6 is 0 Å². The van der Waals surface area contributed by atoms with Gasteiger partial charge in [0.2, 0.25) is 0 Å². The fourth-order valence-corrected chi connectivity index (χ4v) is 1.95. The van der Waals surface area contributed by atoms with Crippen LogP contribution in [-0.2, 0) is 9.53 Å². The van der Waals surface area contributed by atoms with Crippen molar-refractivity contribution in [2.75, 3.05) is 46.9 Å². The van der Waals surface area contributed by atoms with Gasteiger partial charge in [-0.15, -0.1) is 0 Å². The molecule has 0 radical (unpaired) electrons. The summed E-state index contributed by atoms with van der Waals surface area (Å²) in [4.78, 5) is 26.1. The predicted octanol–water partition coefficient (Wildman–Crippen LogP) is -0.177. The largest absolute Gasteiger partial charge is 0.480 e. The van der Waals surface area contributed by atoms with Crippen LogP contribution in [0.25, 0.3) is 0 Å². The van der Waals surface area contributed by atoms with Crippen molar-refractivity contribution in [1.29, 1.82) is 0 Å². The number of nitrogens with zero attached hydrogens (tertiary/aromatic N) is 2. The maximum absolute atomic E-state index is 11.8. The van der Waals surface area contributed by atoms with E-state index in [9.17, 15) is 9.59 Å². The number of urea groups is 1. The molecule has 1 heterocycles. The molecule has 1 rings (SSSR count). The van der Waals surface area contributed by atoms with E-state index >= 15 is 0 Å². The lowest BCUT2D eigenvalue weighted by atomic mass is 10.2. The average Bonchev–Trinajstić information content (AvgIpc) is 2.82. The SMILES string of the molecule is CN(C)CCOCCNC(=O)N1CCC[C@H]1C(=O)O. The summed E-state index contributed by atoms with van der Waals surface area (Å²) in [7, 11) is 3.93. The van der Waals surface area contributed by atoms with E-state index in [0.29, 0.717) is 32.7 Å². The number of hydrogen-bond acceptors (Lipinski definition) is 4. The smallest absolute Gasteiger partial charge is 0.326 e. The van der Waals surface area contributed by atoms with Crippen LogP contribution in [0.5, 0.6) is 0 Å². The molecule has 110 valence electrons. The van der Waals surface area contributed by atoms with Crippen LogP contribution in [0.3, 0.4) is 0 Å². The van der Waals surface area contributed by atoms with Crippen LogP contribution in [0.1, 0.15) is 12.8 Å². The molecule has 0 bridgehead atoms. The quantitative estimate of drug-likeness (QED) is 0.629. The van der Waals surface area contributed by atoms with Gasteiger partial charge in [-0.05, 0) is 26.9 Å². The Balaban J connectivity index is 2.15. The van der Waals surface area contributed by atoms with E-state index in [2.05, 4.69) is 5.32 Å². The highest BCUT2D eigenvalue weighted by atomic mass is 16.5. The van der Waals surface area contributed by atoms with Gasteiger partial charge in [0.1, 0.15) is 6.04 Å². The molecule has 19 heavy (non-hydrogen) atoms. The minimum atomic E-state index is -0.935. The molecule has 0 aliphatic carbocycles. The zero-order valence-corrected chi connectivity index (χ0v) is 11.6. The van der Waals surface area contributed by atoms with Gasteiger partial charge in [0, 0.05) is 19.6 Å². The molecule has 2 N–H and O–H groups in total. The zero-order valence-electron chi connectivity index (χ0n) is 11.6. The van der Waals surface area contributed by atoms with Crippen LogP contribution in [0.4, 0.5) is 4.79 Å². The number of carbonyl (C=O) groups excluding carboxylic acids is 1. The number of aliphatic carboxylic acids is 1. The Morgan fingerprint density at radius 1 is 1.42 bits per heavy atom. The molecule has 1 fully saturated rings. The highest BCUT2D eigenvalue weighted by Crippen LogP contribution is 2.16. The Morgan fingerprint density at radius 3 is 2.79 bits per heavy atom. The molecule has 1 atom stereocenters. The molecule has 7 heteroatoms. The molecule has 2 amide bonds. The normalized spacial score (nSPS) is 18.9. The first-order chi connectivity index (χ1) is 9.02. The first-order valence-corrected chi connectivity index (χ1v) is 6.52. The lowest BCUT2D eigenvalue weighted by Crippen LogP contribution is -2.46. The maximum atomic E-state index is 11.8. The third-order valence-electron chi connectivity index (χ3n) is 3.00. The van der Waals surface area contributed by atoms with Gasteiger partial charge in [-0.2, -0.15) is 0 Å². The van der Waals surface area contributed by atoms with Gasteiger partial charge in [0.05, 0.1) is 13.2 Å². The molecule has 1 saturated heterocycles. The topological polar surface area (TPSA) is 82.1 Å². The van der Waals surface area contributed by atoms with Crippen LogP contribution < -0.4 is 5.32 Å². The Bertz CT molecular complexity index is 309. The highest BCUT2D eigenvalue weighted by molar-refractivity contribution is 5.83. The van der Waals surface area contributed by atoms with Crippen molar-refractivity contribution in [1.82, 2.24) is 15.1 Å². The van der Waals surface area contributed by atoms with Crippen molar-refractivity contribution in [3.63, 3.8) is 0 Å². The van der Waals surface area contributed by atoms with E-state index in [0.717, 1.165) is 13.0 Å². The number of likely N-dealkylation sites (tertiary alicyclic amines) is 1. The molecule has 0 saturated carbocycles. The maximum Gasteiger partial charge on any atom is 0.326 e. The van der Waals surface area contributed by atoms with E-state index < -0.39 is 12.0 Å². The summed E-state index contributed by atoms with van der Waals surface area (Å²) in [5.41, 5.74) is 0. The molecule has 1 aliphatic rings. The number of carboxylic acid groups (broad SMARTS) is 1. The van der Waals surface area contributed by atoms with E-state index in [1.807, 2.05) is 19.0 Å². The molecule has 0 aromatic carbocycles. The van der Waals surface area contributed by atoms with E-state index in [1.54, 1.807) is 0 Å². The van der Waals surface area contributed by atoms with E-state index in [4.69, 9.17) is 9.84 Å². The number of ether oxygens (including phenoxy) is 1. The number of carboxylic acids is 1. The Morgan fingerprint density at radius 2 is 2.16 bits per heavy atom. The minimum Gasteiger partial charge on any atom is -0.480 e. The fourth-order valence-electron chi connectivity index (χ4n) is 1.95. The van der Waals surface area contributed by atoms with Crippen LogP contribution in [-0.4, -0.2) is 79.9 Å². The van der Waals surface area contributed by atoms with Crippen molar-refractivity contribution < 1.29 is 19.4 Å². The number of likely N-dealkylation sites (N-methyl/N-ethyl adjacent to an activating group) is 1. The molecule has 0 aromatic heterocycles. The van der Waals surface area contributed by atoms with Gasteiger partial charge in [0.25, 0.3) is 0 Å². The lowest BCUT2D eigenvalue weighted by molar-refractivity contribution is -0.141. The summed E-state index contributed by atoms with van der Waals surface area (Å²) in [5.74, 6) is -0.935. The van der Waals surface area contributed by atoms with E-state index in [-0.39, 0.29) is 6.03 Å². The standard InChI is InChI=1S/C12H23N3O4/c1-14(2)7-9-19-8-5-13-12(18)15-6-3-4-10(15)11(16)17/h10H,3-9H2,1-2H3,(H,13,18)(H,16,17)/t10-/m0/s1. The summed E-state index contributed by atoms with van der Waals surface area (Å²) in [6.07, 6.45) is 1.27. The van der Waals surface area contributed by atoms with Gasteiger partial charge in [-0.3, -0.25) is 0 Å². The lowest BCUT2D eigenvalue weighted by Gasteiger charge is -2.21. The monoisotopic (exact) mass is 273 g/mol. The van der Waals surface area contributed by atoms with Gasteiger partial charge < -0.3 is 25.0 Å². The first kappa shape index (κ1) is 15.7. The van der Waals surface area contributed by atoms with Crippen molar-refractivity contribution >= 4 is 12.0 Å². The molecule has 1 aliphatic heterocycles. The minimum absolute atomic E-state index is 0.318. The van der Waals surface area contributed by atoms with Gasteiger partial charge in [0.15, 0.2) is 0 Å². The second kappa shape index (κ2) is 7.96. The summed E-state index contributed by atoms with van der Waals surface area (Å²) in [6, 6.07) is -1.00. The van der Waals surface area contributed by atoms with Crippen molar-refractivity contribution in [3.05, 3.63) is 0 Å². The first-order valence-electron chi connectivity index (χ1n) is 6.52. The third-order valence-corrected chi connectivity index (χ3v) is 3.00. The number of amides is 2. The van der Waals surface area contributed by atoms with Gasteiger partial charge >= 0.3 is 12.0 Å². The second-order valence-electron chi connectivity index (χ2n) is 4.84. The van der Waals surface area contributed by atoms with Crippen molar-refractivity contribution in [3.8, 4) is 0 Å². The van der Waals surface area contributed by atoms with Crippen molar-refractivity contribution in [2.45, 2.75) is 18.9 Å². The Hall–Kier alpha value is -1.34. The molecule has 0 spiro atoms. The molecular weight excluding hydrogens is 250 g/mol. The number of rotatable bonds is 7. The van der Waals surface area contributed by atoms with Crippen LogP contribution in [0.2, 0.25) is 0 Å². The summed E-state index contributed by atoms with van der Waals surface area (Å²) >= 11 is 0. The molecular formula is C12H23N3O4. The Kier molecular flexibility index (Phi) is 6.58. The van der Waals surface area contributed by atoms with Gasteiger partial charge in [-0.1, -0.05) is 0 Å². The predicted molar refractivity (Wildman–Crippen MR) is 70.1 cm³/mol. The number of hydrogen-bond donors (Lipinski definition) is 2. The Labute approximate surface area is 113 Å². The van der Waals surface area contributed by atoms with Gasteiger partial charge in [-0.25, -0.2) is 9.59 Å². The van der Waals surface area contributed by atoms with Crippen LogP contribution in [0.15, 0.2) is 0 Å². The summed E-state index contributed by atoms with van der Waals surface area (Å²) in [6.45, 7) is 2.79. The third kappa shape index (κ3) is 5.44. The van der Waals surface area contributed by atoms with Crippen LogP contribution in [0, 0.1) is 0 Å².